The minimum absolute atomic E-state index is 0. The van der Waals surface area contributed by atoms with Crippen LogP contribution in [0.3, 0.4) is 0 Å². The lowest BCUT2D eigenvalue weighted by atomic mass is 10.0. The molecule has 142 valence electrons. The summed E-state index contributed by atoms with van der Waals surface area (Å²) in [7, 11) is 1.81. The van der Waals surface area contributed by atoms with Crippen molar-refractivity contribution < 1.29 is 9.53 Å². The van der Waals surface area contributed by atoms with Crippen molar-refractivity contribution in [3.05, 3.63) is 0 Å². The van der Waals surface area contributed by atoms with Crippen LogP contribution in [-0.4, -0.2) is 67.2 Å². The van der Waals surface area contributed by atoms with Crippen LogP contribution < -0.4 is 5.32 Å². The van der Waals surface area contributed by atoms with Crippen LogP contribution in [0.2, 0.25) is 0 Å². The van der Waals surface area contributed by atoms with Gasteiger partial charge in [0.15, 0.2) is 5.96 Å². The van der Waals surface area contributed by atoms with Crippen molar-refractivity contribution >= 4 is 36.0 Å². The van der Waals surface area contributed by atoms with Crippen LogP contribution in [-0.2, 0) is 4.74 Å². The van der Waals surface area contributed by atoms with Crippen LogP contribution in [0.1, 0.15) is 47.5 Å². The molecule has 0 saturated carbocycles. The zero-order chi connectivity index (χ0) is 17.5. The molecule has 0 aromatic rings. The number of hydrogen-bond acceptors (Lipinski definition) is 3. The summed E-state index contributed by atoms with van der Waals surface area (Å²) < 4.78 is 5.42. The molecule has 1 fully saturated rings. The Labute approximate surface area is 164 Å². The average molecular weight is 454 g/mol. The van der Waals surface area contributed by atoms with E-state index in [1.807, 2.05) is 34.7 Å². The lowest BCUT2D eigenvalue weighted by molar-refractivity contribution is 0.0263. The molecule has 24 heavy (non-hydrogen) atoms. The van der Waals surface area contributed by atoms with Gasteiger partial charge in [0.25, 0.3) is 0 Å². The zero-order valence-corrected chi connectivity index (χ0v) is 18.4. The number of likely N-dealkylation sites (tertiary alicyclic amines) is 1. The van der Waals surface area contributed by atoms with E-state index in [9.17, 15) is 4.79 Å². The molecule has 0 bridgehead atoms. The van der Waals surface area contributed by atoms with Crippen LogP contribution in [0.15, 0.2) is 4.99 Å². The Balaban J connectivity index is 0.00000529. The van der Waals surface area contributed by atoms with E-state index in [2.05, 4.69) is 22.1 Å². The standard InChI is InChI=1S/C17H34N4O2.HI/c1-7-20(16(22)23-17(3,4)5)12-10-19-15(18-6)21-11-8-9-14(2)13-21;/h14H,7-13H2,1-6H3,(H,18,19);1H. The van der Waals surface area contributed by atoms with Gasteiger partial charge in [0.2, 0.25) is 0 Å². The van der Waals surface area contributed by atoms with E-state index < -0.39 is 5.60 Å². The molecule has 1 aliphatic heterocycles. The van der Waals surface area contributed by atoms with E-state index in [1.54, 1.807) is 4.90 Å². The molecule has 0 spiro atoms. The van der Waals surface area contributed by atoms with Crippen LogP contribution >= 0.6 is 24.0 Å². The van der Waals surface area contributed by atoms with Gasteiger partial charge >= 0.3 is 6.09 Å². The highest BCUT2D eigenvalue weighted by molar-refractivity contribution is 14.0. The topological polar surface area (TPSA) is 57.2 Å². The summed E-state index contributed by atoms with van der Waals surface area (Å²) >= 11 is 0. The van der Waals surface area contributed by atoms with E-state index in [1.165, 1.54) is 12.8 Å². The SMILES string of the molecule is CCN(CCNC(=NC)N1CCCC(C)C1)C(=O)OC(C)(C)C.I. The first kappa shape index (κ1) is 23.3. The highest BCUT2D eigenvalue weighted by Gasteiger charge is 2.22. The molecular formula is C17H35IN4O2. The summed E-state index contributed by atoms with van der Waals surface area (Å²) in [5.41, 5.74) is -0.460. The molecule has 1 N–H and O–H groups in total. The number of piperidine rings is 1. The van der Waals surface area contributed by atoms with Gasteiger partial charge in [0, 0.05) is 39.8 Å². The van der Waals surface area contributed by atoms with Gasteiger partial charge in [-0.1, -0.05) is 6.92 Å². The van der Waals surface area contributed by atoms with Gasteiger partial charge in [0.1, 0.15) is 5.60 Å². The van der Waals surface area contributed by atoms with Gasteiger partial charge in [-0.3, -0.25) is 4.99 Å². The number of carbonyl (C=O) groups is 1. The van der Waals surface area contributed by atoms with Crippen molar-refractivity contribution in [2.45, 2.75) is 53.1 Å². The molecule has 0 aromatic heterocycles. The number of nitrogens with zero attached hydrogens (tertiary/aromatic N) is 3. The molecule has 1 aliphatic rings. The van der Waals surface area contributed by atoms with Gasteiger partial charge in [-0.25, -0.2) is 4.79 Å². The Bertz CT molecular complexity index is 410. The molecule has 6 nitrogen and oxygen atoms in total. The number of amides is 1. The molecule has 1 rings (SSSR count). The van der Waals surface area contributed by atoms with E-state index in [0.717, 1.165) is 19.0 Å². The maximum atomic E-state index is 12.1. The third-order valence-electron chi connectivity index (χ3n) is 3.87. The maximum Gasteiger partial charge on any atom is 0.410 e. The number of guanidine groups is 1. The lowest BCUT2D eigenvalue weighted by Crippen LogP contribution is -2.48. The first-order chi connectivity index (χ1) is 10.8. The van der Waals surface area contributed by atoms with Gasteiger partial charge in [-0.05, 0) is 46.5 Å². The smallest absolute Gasteiger partial charge is 0.410 e. The number of halogens is 1. The molecule has 1 heterocycles. The van der Waals surface area contributed by atoms with Crippen molar-refractivity contribution in [3.63, 3.8) is 0 Å². The number of rotatable bonds is 4. The Kier molecular flexibility index (Phi) is 10.7. The molecule has 1 atom stereocenters. The summed E-state index contributed by atoms with van der Waals surface area (Å²) in [4.78, 5) is 20.5. The number of likely N-dealkylation sites (N-methyl/N-ethyl adjacent to an activating group) is 1. The van der Waals surface area contributed by atoms with Gasteiger partial charge in [0.05, 0.1) is 0 Å². The molecule has 0 aliphatic carbocycles. The van der Waals surface area contributed by atoms with Gasteiger partial charge in [-0.15, -0.1) is 24.0 Å². The van der Waals surface area contributed by atoms with Crippen LogP contribution in [0, 0.1) is 5.92 Å². The predicted molar refractivity (Wildman–Crippen MR) is 110 cm³/mol. The molecule has 0 radical (unpaired) electrons. The molecule has 1 unspecified atom stereocenters. The second-order valence-corrected chi connectivity index (χ2v) is 7.23. The first-order valence-corrected chi connectivity index (χ1v) is 8.70. The third kappa shape index (κ3) is 8.39. The summed E-state index contributed by atoms with van der Waals surface area (Å²) in [6.45, 7) is 13.9. The fourth-order valence-electron chi connectivity index (χ4n) is 2.72. The zero-order valence-electron chi connectivity index (χ0n) is 16.1. The lowest BCUT2D eigenvalue weighted by Gasteiger charge is -2.34. The number of aliphatic imine (C=N–C) groups is 1. The summed E-state index contributed by atoms with van der Waals surface area (Å²) in [5, 5.41) is 3.37. The van der Waals surface area contributed by atoms with Crippen molar-refractivity contribution in [3.8, 4) is 0 Å². The number of ether oxygens (including phenoxy) is 1. The van der Waals surface area contributed by atoms with Crippen molar-refractivity contribution in [2.24, 2.45) is 10.9 Å². The number of hydrogen-bond donors (Lipinski definition) is 1. The summed E-state index contributed by atoms with van der Waals surface area (Å²) in [5.74, 6) is 1.63. The second-order valence-electron chi connectivity index (χ2n) is 7.23. The van der Waals surface area contributed by atoms with Gasteiger partial charge < -0.3 is 19.9 Å². The highest BCUT2D eigenvalue weighted by atomic mass is 127. The largest absolute Gasteiger partial charge is 0.444 e. The van der Waals surface area contributed by atoms with Crippen molar-refractivity contribution in [2.75, 3.05) is 39.8 Å². The highest BCUT2D eigenvalue weighted by Crippen LogP contribution is 2.15. The summed E-state index contributed by atoms with van der Waals surface area (Å²) in [6, 6.07) is 0. The quantitative estimate of drug-likeness (QED) is 0.403. The predicted octanol–water partition coefficient (Wildman–Crippen LogP) is 3.17. The number of nitrogens with one attached hydrogen (secondary N) is 1. The first-order valence-electron chi connectivity index (χ1n) is 8.70. The molecule has 7 heteroatoms. The molecular weight excluding hydrogens is 419 g/mol. The minimum atomic E-state index is -0.460. The molecule has 1 amide bonds. The van der Waals surface area contributed by atoms with E-state index in [-0.39, 0.29) is 30.1 Å². The molecule has 1 saturated heterocycles. The third-order valence-corrected chi connectivity index (χ3v) is 3.87. The normalized spacial score (nSPS) is 18.7. The fraction of sp³-hybridized carbons (Fsp3) is 0.882. The van der Waals surface area contributed by atoms with Crippen molar-refractivity contribution in [1.82, 2.24) is 15.1 Å². The van der Waals surface area contributed by atoms with Crippen molar-refractivity contribution in [1.29, 1.82) is 0 Å². The van der Waals surface area contributed by atoms with E-state index in [4.69, 9.17) is 4.74 Å². The van der Waals surface area contributed by atoms with E-state index in [0.29, 0.717) is 25.6 Å². The van der Waals surface area contributed by atoms with Crippen LogP contribution in [0.4, 0.5) is 4.79 Å². The maximum absolute atomic E-state index is 12.1. The van der Waals surface area contributed by atoms with Gasteiger partial charge in [-0.2, -0.15) is 0 Å². The number of carbonyl (C=O) groups excluding carboxylic acids is 1. The monoisotopic (exact) mass is 454 g/mol. The Morgan fingerprint density at radius 1 is 1.42 bits per heavy atom. The van der Waals surface area contributed by atoms with E-state index >= 15 is 0 Å². The Morgan fingerprint density at radius 3 is 2.58 bits per heavy atom. The summed E-state index contributed by atoms with van der Waals surface area (Å²) in [6.07, 6.45) is 2.24. The van der Waals surface area contributed by atoms with Crippen LogP contribution in [0.5, 0.6) is 0 Å². The Hall–Kier alpha value is -0.730. The Morgan fingerprint density at radius 2 is 2.08 bits per heavy atom. The second kappa shape index (κ2) is 11.0. The average Bonchev–Trinajstić information content (AvgIpc) is 2.45. The fourth-order valence-corrected chi connectivity index (χ4v) is 2.72. The molecule has 0 aromatic carbocycles. The van der Waals surface area contributed by atoms with Crippen LogP contribution in [0.25, 0.3) is 0 Å². The minimum Gasteiger partial charge on any atom is -0.444 e.